The number of rotatable bonds is 5. The Labute approximate surface area is 135 Å². The molecule has 1 aromatic rings. The van der Waals surface area contributed by atoms with E-state index >= 15 is 0 Å². The minimum Gasteiger partial charge on any atom is -0.338 e. The first-order valence-corrected chi connectivity index (χ1v) is 7.75. The van der Waals surface area contributed by atoms with Gasteiger partial charge < -0.3 is 10.2 Å². The zero-order valence-electron chi connectivity index (χ0n) is 11.8. The number of hydrogen-bond acceptors (Lipinski definition) is 2. The molecule has 1 atom stereocenters. The van der Waals surface area contributed by atoms with Gasteiger partial charge in [-0.05, 0) is 31.0 Å². The molecule has 3 nitrogen and oxygen atoms in total. The quantitative estimate of drug-likeness (QED) is 0.874. The van der Waals surface area contributed by atoms with Gasteiger partial charge in [0.05, 0.1) is 6.42 Å². The lowest BCUT2D eigenvalue weighted by Crippen LogP contribution is -2.42. The maximum atomic E-state index is 12.5. The predicted octanol–water partition coefficient (Wildman–Crippen LogP) is 3.01. The van der Waals surface area contributed by atoms with Gasteiger partial charge in [0.15, 0.2) is 0 Å². The molecule has 0 bridgehead atoms. The van der Waals surface area contributed by atoms with E-state index < -0.39 is 0 Å². The molecule has 1 saturated heterocycles. The third kappa shape index (κ3) is 4.47. The van der Waals surface area contributed by atoms with Crippen LogP contribution in [-0.4, -0.2) is 36.5 Å². The second kappa shape index (κ2) is 8.65. The number of nitrogens with one attached hydrogen (secondary N) is 1. The normalized spacial score (nSPS) is 17.6. The minimum atomic E-state index is 0. The highest BCUT2D eigenvalue weighted by Gasteiger charge is 2.25. The van der Waals surface area contributed by atoms with E-state index in [4.69, 9.17) is 0 Å². The van der Waals surface area contributed by atoms with Crippen molar-refractivity contribution < 1.29 is 4.79 Å². The Hall–Kier alpha value is -0.580. The molecule has 1 aliphatic rings. The summed E-state index contributed by atoms with van der Waals surface area (Å²) >= 11 is 3.51. The molecule has 1 heterocycles. The molecule has 0 radical (unpaired) electrons. The van der Waals surface area contributed by atoms with Crippen LogP contribution < -0.4 is 5.32 Å². The summed E-state index contributed by atoms with van der Waals surface area (Å²) in [7, 11) is 0. The highest BCUT2D eigenvalue weighted by molar-refractivity contribution is 9.10. The molecule has 0 spiro atoms. The Morgan fingerprint density at radius 3 is 2.80 bits per heavy atom. The standard InChI is InChI=1S/C15H21BrN2O.ClH/c1-2-9-18(13-7-8-17-11-13)15(19)10-12-5-3-4-6-14(12)16;/h3-6,13,17H,2,7-11H2,1H3;1H. The van der Waals surface area contributed by atoms with Gasteiger partial charge in [0.1, 0.15) is 0 Å². The van der Waals surface area contributed by atoms with E-state index in [0.717, 1.165) is 42.5 Å². The van der Waals surface area contributed by atoms with Crippen molar-refractivity contribution in [3.05, 3.63) is 34.3 Å². The van der Waals surface area contributed by atoms with Crippen molar-refractivity contribution in [1.82, 2.24) is 10.2 Å². The predicted molar refractivity (Wildman–Crippen MR) is 88.4 cm³/mol. The molecule has 5 heteroatoms. The average molecular weight is 362 g/mol. The Balaban J connectivity index is 0.00000200. The van der Waals surface area contributed by atoms with E-state index in [1.807, 2.05) is 24.3 Å². The summed E-state index contributed by atoms with van der Waals surface area (Å²) in [6.45, 7) is 4.94. The van der Waals surface area contributed by atoms with E-state index in [1.165, 1.54) is 0 Å². The molecule has 1 unspecified atom stereocenters. The zero-order valence-corrected chi connectivity index (χ0v) is 14.2. The van der Waals surface area contributed by atoms with Gasteiger partial charge in [-0.1, -0.05) is 41.1 Å². The molecule has 1 N–H and O–H groups in total. The Morgan fingerprint density at radius 2 is 2.20 bits per heavy atom. The first-order valence-electron chi connectivity index (χ1n) is 6.96. The number of nitrogens with zero attached hydrogens (tertiary/aromatic N) is 1. The lowest BCUT2D eigenvalue weighted by Gasteiger charge is -2.28. The van der Waals surface area contributed by atoms with Gasteiger partial charge in [0.25, 0.3) is 0 Å². The van der Waals surface area contributed by atoms with Gasteiger partial charge in [-0.25, -0.2) is 0 Å². The van der Waals surface area contributed by atoms with Gasteiger partial charge in [-0.3, -0.25) is 4.79 Å². The first kappa shape index (κ1) is 17.5. The van der Waals surface area contributed by atoms with Gasteiger partial charge in [-0.15, -0.1) is 12.4 Å². The van der Waals surface area contributed by atoms with E-state index in [0.29, 0.717) is 12.5 Å². The number of carbonyl (C=O) groups is 1. The Morgan fingerprint density at radius 1 is 1.45 bits per heavy atom. The van der Waals surface area contributed by atoms with E-state index in [-0.39, 0.29) is 18.3 Å². The van der Waals surface area contributed by atoms with E-state index in [1.54, 1.807) is 0 Å². The third-order valence-electron chi connectivity index (χ3n) is 3.56. The highest BCUT2D eigenvalue weighted by atomic mass is 79.9. The van der Waals surface area contributed by atoms with Crippen LogP contribution in [0, 0.1) is 0 Å². The molecule has 2 rings (SSSR count). The fourth-order valence-electron chi connectivity index (χ4n) is 2.56. The smallest absolute Gasteiger partial charge is 0.227 e. The number of carbonyl (C=O) groups excluding carboxylic acids is 1. The molecule has 1 aliphatic heterocycles. The number of halogens is 2. The van der Waals surface area contributed by atoms with Gasteiger partial charge in [0, 0.05) is 23.6 Å². The van der Waals surface area contributed by atoms with Crippen LogP contribution in [0.15, 0.2) is 28.7 Å². The molecule has 0 aromatic heterocycles. The van der Waals surface area contributed by atoms with E-state index in [2.05, 4.69) is 33.1 Å². The Kier molecular flexibility index (Phi) is 7.56. The molecule has 1 amide bonds. The molecule has 20 heavy (non-hydrogen) atoms. The summed E-state index contributed by atoms with van der Waals surface area (Å²) < 4.78 is 1.02. The largest absolute Gasteiger partial charge is 0.338 e. The molecule has 0 saturated carbocycles. The summed E-state index contributed by atoms with van der Waals surface area (Å²) in [5.74, 6) is 0.238. The van der Waals surface area contributed by atoms with Crippen LogP contribution in [0.2, 0.25) is 0 Å². The maximum absolute atomic E-state index is 12.5. The lowest BCUT2D eigenvalue weighted by molar-refractivity contribution is -0.132. The monoisotopic (exact) mass is 360 g/mol. The van der Waals surface area contributed by atoms with E-state index in [9.17, 15) is 4.79 Å². The maximum Gasteiger partial charge on any atom is 0.227 e. The van der Waals surface area contributed by atoms with Crippen molar-refractivity contribution in [2.75, 3.05) is 19.6 Å². The van der Waals surface area contributed by atoms with Crippen molar-refractivity contribution in [3.8, 4) is 0 Å². The van der Waals surface area contributed by atoms with Crippen molar-refractivity contribution in [3.63, 3.8) is 0 Å². The lowest BCUT2D eigenvalue weighted by atomic mass is 10.1. The summed E-state index contributed by atoms with van der Waals surface area (Å²) in [6, 6.07) is 8.33. The SMILES string of the molecule is CCCN(C(=O)Cc1ccccc1Br)C1CCNC1.Cl. The van der Waals surface area contributed by atoms with Crippen molar-refractivity contribution in [2.45, 2.75) is 32.2 Å². The average Bonchev–Trinajstić information content (AvgIpc) is 2.92. The van der Waals surface area contributed by atoms with Crippen molar-refractivity contribution in [2.24, 2.45) is 0 Å². The molecular formula is C15H22BrClN2O. The zero-order chi connectivity index (χ0) is 13.7. The van der Waals surface area contributed by atoms with Crippen LogP contribution >= 0.6 is 28.3 Å². The number of amides is 1. The topological polar surface area (TPSA) is 32.3 Å². The van der Waals surface area contributed by atoms with Crippen molar-refractivity contribution in [1.29, 1.82) is 0 Å². The molecule has 1 aromatic carbocycles. The number of benzene rings is 1. The van der Waals surface area contributed by atoms with Crippen molar-refractivity contribution >= 4 is 34.2 Å². The summed E-state index contributed by atoms with van der Waals surface area (Å²) in [5.41, 5.74) is 1.07. The fourth-order valence-corrected chi connectivity index (χ4v) is 2.99. The van der Waals surface area contributed by atoms with Crippen LogP contribution in [0.3, 0.4) is 0 Å². The number of hydrogen-bond donors (Lipinski definition) is 1. The van der Waals surface area contributed by atoms with Crippen LogP contribution in [-0.2, 0) is 11.2 Å². The second-order valence-electron chi connectivity index (χ2n) is 5.00. The summed E-state index contributed by atoms with van der Waals surface area (Å²) in [6.07, 6.45) is 2.57. The van der Waals surface area contributed by atoms with Crippen LogP contribution in [0.4, 0.5) is 0 Å². The fraction of sp³-hybridized carbons (Fsp3) is 0.533. The Bertz CT molecular complexity index is 436. The minimum absolute atomic E-state index is 0. The highest BCUT2D eigenvalue weighted by Crippen LogP contribution is 2.18. The summed E-state index contributed by atoms with van der Waals surface area (Å²) in [4.78, 5) is 14.6. The molecular weight excluding hydrogens is 340 g/mol. The molecule has 0 aliphatic carbocycles. The van der Waals surface area contributed by atoms with Gasteiger partial charge in [0.2, 0.25) is 5.91 Å². The molecule has 112 valence electrons. The van der Waals surface area contributed by atoms with Crippen LogP contribution in [0.25, 0.3) is 0 Å². The van der Waals surface area contributed by atoms with Crippen LogP contribution in [0.5, 0.6) is 0 Å². The molecule has 1 fully saturated rings. The van der Waals surface area contributed by atoms with Crippen LogP contribution in [0.1, 0.15) is 25.3 Å². The second-order valence-corrected chi connectivity index (χ2v) is 5.86. The first-order chi connectivity index (χ1) is 9.22. The summed E-state index contributed by atoms with van der Waals surface area (Å²) in [5, 5.41) is 3.34. The van der Waals surface area contributed by atoms with Gasteiger partial charge >= 0.3 is 0 Å². The third-order valence-corrected chi connectivity index (χ3v) is 4.33. The van der Waals surface area contributed by atoms with Gasteiger partial charge in [-0.2, -0.15) is 0 Å².